The molecule has 1 amide bonds. The van der Waals surface area contributed by atoms with Gasteiger partial charge >= 0.3 is 0 Å². The Balaban J connectivity index is 1.43. The van der Waals surface area contributed by atoms with Gasteiger partial charge in [-0.3, -0.25) is 4.79 Å². The van der Waals surface area contributed by atoms with Crippen LogP contribution in [0.1, 0.15) is 16.7 Å². The summed E-state index contributed by atoms with van der Waals surface area (Å²) in [7, 11) is 1.52. The average molecular weight is 577 g/mol. The van der Waals surface area contributed by atoms with Gasteiger partial charge in [0.25, 0.3) is 5.91 Å². The highest BCUT2D eigenvalue weighted by Crippen LogP contribution is 2.28. The molecule has 0 fully saturated rings. The summed E-state index contributed by atoms with van der Waals surface area (Å²) in [6.45, 7) is 0.400. The fourth-order valence-corrected chi connectivity index (χ4v) is 4.03. The van der Waals surface area contributed by atoms with Crippen LogP contribution >= 0.6 is 23.2 Å². The summed E-state index contributed by atoms with van der Waals surface area (Å²) < 4.78 is 30.2. The monoisotopic (exact) mass is 576 g/mol. The molecule has 0 saturated heterocycles. The molecule has 0 unspecified atom stereocenters. The predicted octanol–water partition coefficient (Wildman–Crippen LogP) is 7.84. The molecule has 4 aromatic carbocycles. The number of rotatable bonds is 10. The van der Waals surface area contributed by atoms with Gasteiger partial charge in [0.1, 0.15) is 47.9 Å². The number of hydrogen-bond acceptors (Lipinski definition) is 5. The van der Waals surface area contributed by atoms with Crippen LogP contribution in [0.2, 0.25) is 10.0 Å². The quantitative estimate of drug-likeness (QED) is 0.153. The lowest BCUT2D eigenvalue weighted by Crippen LogP contribution is -2.13. The van der Waals surface area contributed by atoms with Gasteiger partial charge in [-0.15, -0.1) is 0 Å². The van der Waals surface area contributed by atoms with Crippen LogP contribution < -0.4 is 19.5 Å². The van der Waals surface area contributed by atoms with Crippen LogP contribution in [-0.2, 0) is 18.0 Å². The highest BCUT2D eigenvalue weighted by Gasteiger charge is 2.13. The molecule has 0 saturated carbocycles. The smallest absolute Gasteiger partial charge is 0.266 e. The molecule has 4 aromatic rings. The van der Waals surface area contributed by atoms with Gasteiger partial charge in [0.05, 0.1) is 7.11 Å². The zero-order chi connectivity index (χ0) is 28.5. The number of nitriles is 1. The second-order valence-electron chi connectivity index (χ2n) is 8.49. The Labute approximate surface area is 241 Å². The minimum Gasteiger partial charge on any atom is -0.497 e. The highest BCUT2D eigenvalue weighted by molar-refractivity contribution is 6.35. The molecule has 0 aliphatic rings. The minimum atomic E-state index is -0.593. The summed E-state index contributed by atoms with van der Waals surface area (Å²) in [6, 6.07) is 24.8. The predicted molar refractivity (Wildman–Crippen MR) is 153 cm³/mol. The second-order valence-corrected chi connectivity index (χ2v) is 9.34. The summed E-state index contributed by atoms with van der Waals surface area (Å²) in [4.78, 5) is 12.9. The number of carbonyl (C=O) groups excluding carboxylic acids is 1. The van der Waals surface area contributed by atoms with E-state index in [1.165, 1.54) is 25.3 Å². The number of nitrogens with one attached hydrogen (secondary N) is 1. The van der Waals surface area contributed by atoms with Gasteiger partial charge < -0.3 is 19.5 Å². The first-order chi connectivity index (χ1) is 19.3. The summed E-state index contributed by atoms with van der Waals surface area (Å²) >= 11 is 12.1. The number of methoxy groups -OCH3 is 1. The van der Waals surface area contributed by atoms with E-state index < -0.39 is 5.91 Å². The van der Waals surface area contributed by atoms with Crippen LogP contribution in [0.25, 0.3) is 6.08 Å². The third-order valence-corrected chi connectivity index (χ3v) is 6.30. The van der Waals surface area contributed by atoms with E-state index >= 15 is 0 Å². The van der Waals surface area contributed by atoms with E-state index in [-0.39, 0.29) is 24.6 Å². The van der Waals surface area contributed by atoms with Gasteiger partial charge in [0.15, 0.2) is 0 Å². The number of anilines is 1. The number of halogens is 3. The Kier molecular flexibility index (Phi) is 9.63. The first-order valence-electron chi connectivity index (χ1n) is 12.0. The molecule has 0 spiro atoms. The molecular formula is C31H23Cl2FN2O4. The Morgan fingerprint density at radius 3 is 2.33 bits per heavy atom. The topological polar surface area (TPSA) is 80.6 Å². The Bertz CT molecular complexity index is 1570. The van der Waals surface area contributed by atoms with Crippen molar-refractivity contribution in [2.45, 2.75) is 13.2 Å². The minimum absolute atomic E-state index is 0.130. The van der Waals surface area contributed by atoms with Crippen molar-refractivity contribution in [1.82, 2.24) is 0 Å². The number of benzene rings is 4. The van der Waals surface area contributed by atoms with Crippen LogP contribution in [0.15, 0.2) is 90.5 Å². The third-order valence-electron chi connectivity index (χ3n) is 5.71. The maximum absolute atomic E-state index is 13.2. The molecule has 4 rings (SSSR count). The fraction of sp³-hybridized carbons (Fsp3) is 0.0968. The van der Waals surface area contributed by atoms with Crippen LogP contribution in [0, 0.1) is 17.1 Å². The Hall–Kier alpha value is -4.51. The molecule has 9 heteroatoms. The van der Waals surface area contributed by atoms with Gasteiger partial charge in [0.2, 0.25) is 0 Å². The van der Waals surface area contributed by atoms with E-state index in [2.05, 4.69) is 5.32 Å². The van der Waals surface area contributed by atoms with Crippen molar-refractivity contribution in [2.24, 2.45) is 0 Å². The molecule has 0 aliphatic carbocycles. The number of ether oxygens (including phenoxy) is 3. The first kappa shape index (κ1) is 28.5. The summed E-state index contributed by atoms with van der Waals surface area (Å²) in [5.74, 6) is 0.565. The molecule has 0 aromatic heterocycles. The SMILES string of the molecule is COc1ccc(/C=C(\C#N)C(=O)Nc2ccc(OCc3ccc(Cl)cc3Cl)cc2)c(OCc2ccc(F)cc2)c1. The summed E-state index contributed by atoms with van der Waals surface area (Å²) in [6.07, 6.45) is 1.43. The van der Waals surface area contributed by atoms with Crippen molar-refractivity contribution < 1.29 is 23.4 Å². The van der Waals surface area contributed by atoms with Crippen LogP contribution in [0.3, 0.4) is 0 Å². The molecule has 0 bridgehead atoms. The molecule has 1 N–H and O–H groups in total. The van der Waals surface area contributed by atoms with E-state index in [9.17, 15) is 14.4 Å². The molecule has 0 radical (unpaired) electrons. The maximum Gasteiger partial charge on any atom is 0.266 e. The lowest BCUT2D eigenvalue weighted by molar-refractivity contribution is -0.112. The molecule has 40 heavy (non-hydrogen) atoms. The van der Waals surface area contributed by atoms with Crippen LogP contribution in [0.5, 0.6) is 17.2 Å². The first-order valence-corrected chi connectivity index (χ1v) is 12.8. The van der Waals surface area contributed by atoms with E-state index in [1.54, 1.807) is 72.8 Å². The van der Waals surface area contributed by atoms with Gasteiger partial charge in [-0.25, -0.2) is 4.39 Å². The molecule has 0 aliphatic heterocycles. The standard InChI is InChI=1S/C31H23Cl2FN2O4/c1-38-28-11-5-21(30(16-28)40-18-20-2-7-25(34)8-3-20)14-23(17-35)31(37)36-26-9-12-27(13-10-26)39-19-22-4-6-24(32)15-29(22)33/h2-16H,18-19H2,1H3,(H,36,37)/b23-14+. The van der Waals surface area contributed by atoms with Crippen molar-refractivity contribution >= 4 is 40.9 Å². The fourth-order valence-electron chi connectivity index (χ4n) is 3.56. The molecule has 0 heterocycles. The van der Waals surface area contributed by atoms with Crippen molar-refractivity contribution in [2.75, 3.05) is 12.4 Å². The van der Waals surface area contributed by atoms with Gasteiger partial charge in [-0.05, 0) is 72.3 Å². The van der Waals surface area contributed by atoms with E-state index in [0.29, 0.717) is 38.5 Å². The largest absolute Gasteiger partial charge is 0.497 e. The molecule has 6 nitrogen and oxygen atoms in total. The van der Waals surface area contributed by atoms with Crippen molar-refractivity contribution in [3.8, 4) is 23.3 Å². The van der Waals surface area contributed by atoms with Gasteiger partial charge in [-0.1, -0.05) is 41.4 Å². The molecular weight excluding hydrogens is 554 g/mol. The second kappa shape index (κ2) is 13.5. The van der Waals surface area contributed by atoms with E-state index in [4.69, 9.17) is 37.4 Å². The number of nitrogens with zero attached hydrogens (tertiary/aromatic N) is 1. The van der Waals surface area contributed by atoms with Gasteiger partial charge in [0, 0.05) is 32.9 Å². The zero-order valence-corrected chi connectivity index (χ0v) is 22.8. The van der Waals surface area contributed by atoms with E-state index in [0.717, 1.165) is 11.1 Å². The van der Waals surface area contributed by atoms with Crippen molar-refractivity contribution in [3.63, 3.8) is 0 Å². The molecule has 0 atom stereocenters. The normalized spacial score (nSPS) is 10.9. The molecule has 202 valence electrons. The number of carbonyl (C=O) groups is 1. The third kappa shape index (κ3) is 7.76. The average Bonchev–Trinajstić information content (AvgIpc) is 2.96. The summed E-state index contributed by atoms with van der Waals surface area (Å²) in [5.41, 5.74) is 2.38. The van der Waals surface area contributed by atoms with Crippen LogP contribution in [-0.4, -0.2) is 13.0 Å². The maximum atomic E-state index is 13.2. The Morgan fingerprint density at radius 1 is 0.925 bits per heavy atom. The van der Waals surface area contributed by atoms with Crippen molar-refractivity contribution in [3.05, 3.63) is 123 Å². The Morgan fingerprint density at radius 2 is 1.65 bits per heavy atom. The van der Waals surface area contributed by atoms with Gasteiger partial charge in [-0.2, -0.15) is 5.26 Å². The van der Waals surface area contributed by atoms with Crippen molar-refractivity contribution in [1.29, 1.82) is 5.26 Å². The highest BCUT2D eigenvalue weighted by atomic mass is 35.5. The summed E-state index contributed by atoms with van der Waals surface area (Å²) in [5, 5.41) is 13.5. The number of amides is 1. The van der Waals surface area contributed by atoms with Crippen LogP contribution in [0.4, 0.5) is 10.1 Å². The lowest BCUT2D eigenvalue weighted by Gasteiger charge is -2.12. The van der Waals surface area contributed by atoms with E-state index in [1.807, 2.05) is 6.07 Å². The lowest BCUT2D eigenvalue weighted by atomic mass is 10.1. The number of hydrogen-bond donors (Lipinski definition) is 1. The zero-order valence-electron chi connectivity index (χ0n) is 21.3.